The lowest BCUT2D eigenvalue weighted by Gasteiger charge is -2.14. The van der Waals surface area contributed by atoms with Gasteiger partial charge in [-0.3, -0.25) is 9.59 Å². The van der Waals surface area contributed by atoms with Crippen molar-refractivity contribution in [1.82, 2.24) is 5.32 Å². The zero-order valence-corrected chi connectivity index (χ0v) is 11.1. The predicted octanol–water partition coefficient (Wildman–Crippen LogP) is 1.09. The van der Waals surface area contributed by atoms with Crippen molar-refractivity contribution in [3.8, 4) is 5.75 Å². The summed E-state index contributed by atoms with van der Waals surface area (Å²) in [5.74, 6) is -0.491. The standard InChI is InChI=1S/C14H20N2O3/c1-2-3-12(14(15)19)16-13(18)9-6-10-4-7-11(17)8-5-10/h4-5,7-8,12,17H,2-3,6,9H2,1H3,(H2,15,19)(H,16,18). The summed E-state index contributed by atoms with van der Waals surface area (Å²) in [4.78, 5) is 22.8. The van der Waals surface area contributed by atoms with Crippen molar-refractivity contribution in [3.05, 3.63) is 29.8 Å². The van der Waals surface area contributed by atoms with Crippen molar-refractivity contribution in [2.24, 2.45) is 5.73 Å². The van der Waals surface area contributed by atoms with Crippen molar-refractivity contribution in [3.63, 3.8) is 0 Å². The van der Waals surface area contributed by atoms with Crippen LogP contribution in [-0.4, -0.2) is 23.0 Å². The van der Waals surface area contributed by atoms with E-state index in [-0.39, 0.29) is 18.1 Å². The Bertz CT molecular complexity index is 429. The second-order valence-corrected chi connectivity index (χ2v) is 4.48. The summed E-state index contributed by atoms with van der Waals surface area (Å²) in [7, 11) is 0. The third kappa shape index (κ3) is 5.42. The summed E-state index contributed by atoms with van der Waals surface area (Å²) in [6.45, 7) is 1.93. The van der Waals surface area contributed by atoms with Gasteiger partial charge in [-0.05, 0) is 30.5 Å². The summed E-state index contributed by atoms with van der Waals surface area (Å²) in [6, 6.07) is 6.10. The minimum absolute atomic E-state index is 0.190. The fourth-order valence-corrected chi connectivity index (χ4v) is 1.76. The van der Waals surface area contributed by atoms with Crippen molar-refractivity contribution in [2.45, 2.75) is 38.6 Å². The average Bonchev–Trinajstić information content (AvgIpc) is 2.37. The fourth-order valence-electron chi connectivity index (χ4n) is 1.76. The van der Waals surface area contributed by atoms with E-state index >= 15 is 0 Å². The number of nitrogens with one attached hydrogen (secondary N) is 1. The molecule has 0 saturated carbocycles. The second kappa shape index (κ2) is 7.41. The van der Waals surface area contributed by atoms with Gasteiger partial charge in [0, 0.05) is 6.42 Å². The summed E-state index contributed by atoms with van der Waals surface area (Å²) in [5.41, 5.74) is 6.17. The summed E-state index contributed by atoms with van der Waals surface area (Å²) in [5, 5.41) is 11.8. The summed E-state index contributed by atoms with van der Waals surface area (Å²) < 4.78 is 0. The van der Waals surface area contributed by atoms with Gasteiger partial charge in [-0.1, -0.05) is 25.5 Å². The number of hydrogen-bond acceptors (Lipinski definition) is 3. The molecule has 0 spiro atoms. The number of phenols is 1. The molecule has 4 N–H and O–H groups in total. The molecule has 0 fully saturated rings. The average molecular weight is 264 g/mol. The number of hydrogen-bond donors (Lipinski definition) is 3. The number of amides is 2. The van der Waals surface area contributed by atoms with Crippen LogP contribution in [0, 0.1) is 0 Å². The molecule has 1 aromatic rings. The van der Waals surface area contributed by atoms with E-state index in [9.17, 15) is 9.59 Å². The highest BCUT2D eigenvalue weighted by molar-refractivity contribution is 5.86. The Morgan fingerprint density at radius 1 is 1.32 bits per heavy atom. The zero-order chi connectivity index (χ0) is 14.3. The van der Waals surface area contributed by atoms with Gasteiger partial charge in [0.2, 0.25) is 11.8 Å². The zero-order valence-electron chi connectivity index (χ0n) is 11.1. The Balaban J connectivity index is 2.42. The quantitative estimate of drug-likeness (QED) is 0.688. The molecule has 0 radical (unpaired) electrons. The minimum Gasteiger partial charge on any atom is -0.508 e. The molecule has 1 rings (SSSR count). The highest BCUT2D eigenvalue weighted by Crippen LogP contribution is 2.11. The van der Waals surface area contributed by atoms with Gasteiger partial charge in [0.1, 0.15) is 11.8 Å². The van der Waals surface area contributed by atoms with Crippen molar-refractivity contribution < 1.29 is 14.7 Å². The molecule has 104 valence electrons. The first-order valence-corrected chi connectivity index (χ1v) is 6.39. The third-order valence-electron chi connectivity index (χ3n) is 2.83. The van der Waals surface area contributed by atoms with Crippen molar-refractivity contribution in [2.75, 3.05) is 0 Å². The number of aryl methyl sites for hydroxylation is 1. The molecule has 1 atom stereocenters. The van der Waals surface area contributed by atoms with E-state index in [4.69, 9.17) is 10.8 Å². The number of rotatable bonds is 7. The molecule has 0 heterocycles. The van der Waals surface area contributed by atoms with Crippen molar-refractivity contribution >= 4 is 11.8 Å². The lowest BCUT2D eigenvalue weighted by Crippen LogP contribution is -2.44. The fraction of sp³-hybridized carbons (Fsp3) is 0.429. The SMILES string of the molecule is CCCC(NC(=O)CCc1ccc(O)cc1)C(N)=O. The van der Waals surface area contributed by atoms with Gasteiger partial charge in [0.15, 0.2) is 0 Å². The normalized spacial score (nSPS) is 11.8. The number of carbonyl (C=O) groups excluding carboxylic acids is 2. The maximum absolute atomic E-state index is 11.7. The van der Waals surface area contributed by atoms with Crippen LogP contribution in [-0.2, 0) is 16.0 Å². The van der Waals surface area contributed by atoms with Gasteiger partial charge in [-0.15, -0.1) is 0 Å². The van der Waals surface area contributed by atoms with Crippen molar-refractivity contribution in [1.29, 1.82) is 0 Å². The van der Waals surface area contributed by atoms with E-state index in [1.807, 2.05) is 6.92 Å². The number of benzene rings is 1. The van der Waals surface area contributed by atoms with E-state index in [1.54, 1.807) is 24.3 Å². The van der Waals surface area contributed by atoms with Crippen LogP contribution >= 0.6 is 0 Å². The molecule has 1 aromatic carbocycles. The third-order valence-corrected chi connectivity index (χ3v) is 2.83. The molecule has 5 heteroatoms. The number of carbonyl (C=O) groups is 2. The molecule has 0 aliphatic carbocycles. The minimum atomic E-state index is -0.586. The molecule has 5 nitrogen and oxygen atoms in total. The van der Waals surface area contributed by atoms with Crippen LogP contribution < -0.4 is 11.1 Å². The van der Waals surface area contributed by atoms with Gasteiger partial charge >= 0.3 is 0 Å². The van der Waals surface area contributed by atoms with E-state index in [0.717, 1.165) is 12.0 Å². The predicted molar refractivity (Wildman–Crippen MR) is 72.5 cm³/mol. The number of nitrogens with two attached hydrogens (primary N) is 1. The molecule has 0 saturated heterocycles. The molecular weight excluding hydrogens is 244 g/mol. The first kappa shape index (κ1) is 15.0. The van der Waals surface area contributed by atoms with Crippen LogP contribution in [0.3, 0.4) is 0 Å². The van der Waals surface area contributed by atoms with Gasteiger partial charge in [0.05, 0.1) is 0 Å². The van der Waals surface area contributed by atoms with E-state index < -0.39 is 11.9 Å². The number of phenolic OH excluding ortho intramolecular Hbond substituents is 1. The molecule has 0 aliphatic heterocycles. The molecule has 0 bridgehead atoms. The topological polar surface area (TPSA) is 92.4 Å². The molecule has 1 unspecified atom stereocenters. The van der Waals surface area contributed by atoms with Crippen LogP contribution in [0.5, 0.6) is 5.75 Å². The molecule has 0 aromatic heterocycles. The Labute approximate surface area is 112 Å². The van der Waals surface area contributed by atoms with Gasteiger partial charge in [0.25, 0.3) is 0 Å². The van der Waals surface area contributed by atoms with E-state index in [1.165, 1.54) is 0 Å². The smallest absolute Gasteiger partial charge is 0.239 e. The first-order chi connectivity index (χ1) is 9.02. The van der Waals surface area contributed by atoms with Crippen LogP contribution in [0.1, 0.15) is 31.7 Å². The van der Waals surface area contributed by atoms with Gasteiger partial charge < -0.3 is 16.2 Å². The van der Waals surface area contributed by atoms with E-state index in [0.29, 0.717) is 12.8 Å². The van der Waals surface area contributed by atoms with Gasteiger partial charge in [-0.2, -0.15) is 0 Å². The summed E-state index contributed by atoms with van der Waals surface area (Å²) >= 11 is 0. The van der Waals surface area contributed by atoms with Crippen LogP contribution in [0.25, 0.3) is 0 Å². The maximum Gasteiger partial charge on any atom is 0.239 e. The molecule has 2 amide bonds. The molecule has 0 aliphatic rings. The highest BCUT2D eigenvalue weighted by atomic mass is 16.3. The highest BCUT2D eigenvalue weighted by Gasteiger charge is 2.16. The lowest BCUT2D eigenvalue weighted by atomic mass is 10.1. The Morgan fingerprint density at radius 3 is 2.47 bits per heavy atom. The Kier molecular flexibility index (Phi) is 5.85. The monoisotopic (exact) mass is 264 g/mol. The summed E-state index contributed by atoms with van der Waals surface area (Å²) in [6.07, 6.45) is 2.19. The number of aromatic hydroxyl groups is 1. The van der Waals surface area contributed by atoms with Gasteiger partial charge in [-0.25, -0.2) is 0 Å². The second-order valence-electron chi connectivity index (χ2n) is 4.48. The number of primary amides is 1. The van der Waals surface area contributed by atoms with Crippen LogP contribution in [0.2, 0.25) is 0 Å². The lowest BCUT2D eigenvalue weighted by molar-refractivity contribution is -0.127. The Hall–Kier alpha value is -2.04. The maximum atomic E-state index is 11.7. The first-order valence-electron chi connectivity index (χ1n) is 6.39. The van der Waals surface area contributed by atoms with Crippen LogP contribution in [0.15, 0.2) is 24.3 Å². The Morgan fingerprint density at radius 2 is 1.95 bits per heavy atom. The largest absolute Gasteiger partial charge is 0.508 e. The molecular formula is C14H20N2O3. The van der Waals surface area contributed by atoms with Crippen LogP contribution in [0.4, 0.5) is 0 Å². The molecule has 19 heavy (non-hydrogen) atoms. The van der Waals surface area contributed by atoms with E-state index in [2.05, 4.69) is 5.32 Å².